The molecule has 6 nitrogen and oxygen atoms in total. The van der Waals surface area contributed by atoms with Crippen molar-refractivity contribution in [3.05, 3.63) is 17.2 Å². The number of imidazole rings is 1. The number of hydrogen-bond acceptors (Lipinski definition) is 4. The van der Waals surface area contributed by atoms with Gasteiger partial charge in [-0.25, -0.2) is 9.78 Å². The highest BCUT2D eigenvalue weighted by atomic mass is 28.3. The molecule has 0 atom stereocenters. The summed E-state index contributed by atoms with van der Waals surface area (Å²) in [6.45, 7) is 10.8. The van der Waals surface area contributed by atoms with Crippen molar-refractivity contribution in [2.24, 2.45) is 0 Å². The van der Waals surface area contributed by atoms with Crippen LogP contribution in [0.4, 0.5) is 0 Å². The van der Waals surface area contributed by atoms with Crippen molar-refractivity contribution >= 4 is 14.0 Å². The van der Waals surface area contributed by atoms with E-state index in [1.807, 2.05) is 6.92 Å². The predicted molar refractivity (Wildman–Crippen MR) is 83.6 cm³/mol. The van der Waals surface area contributed by atoms with Crippen LogP contribution in [0.1, 0.15) is 28.9 Å². The van der Waals surface area contributed by atoms with Gasteiger partial charge in [-0.3, -0.25) is 0 Å². The van der Waals surface area contributed by atoms with Crippen LogP contribution in [0.2, 0.25) is 25.7 Å². The first-order chi connectivity index (χ1) is 9.83. The molecule has 0 spiro atoms. The zero-order valence-corrected chi connectivity index (χ0v) is 14.4. The van der Waals surface area contributed by atoms with Crippen LogP contribution in [0.15, 0.2) is 0 Å². The van der Waals surface area contributed by atoms with E-state index in [1.165, 1.54) is 0 Å². The molecule has 1 aromatic heterocycles. The Hall–Kier alpha value is -1.18. The minimum Gasteiger partial charge on any atom is -0.476 e. The Kier molecular flexibility index (Phi) is 7.07. The summed E-state index contributed by atoms with van der Waals surface area (Å²) in [5.74, 6) is -0.401. The topological polar surface area (TPSA) is 84.4 Å². The van der Waals surface area contributed by atoms with E-state index < -0.39 is 14.0 Å². The lowest BCUT2D eigenvalue weighted by atomic mass is 10.3. The fourth-order valence-electron chi connectivity index (χ4n) is 1.73. The Labute approximate surface area is 126 Å². The Morgan fingerprint density at radius 2 is 2.00 bits per heavy atom. The number of aromatic carboxylic acids is 1. The van der Waals surface area contributed by atoms with E-state index in [1.54, 1.807) is 0 Å². The van der Waals surface area contributed by atoms with Crippen LogP contribution in [-0.4, -0.2) is 48.9 Å². The van der Waals surface area contributed by atoms with Gasteiger partial charge in [0.25, 0.3) is 0 Å². The number of aromatic nitrogens is 2. The average Bonchev–Trinajstić information content (AvgIpc) is 2.77. The highest BCUT2D eigenvalue weighted by Gasteiger charge is 2.17. The van der Waals surface area contributed by atoms with Crippen LogP contribution in [0, 0.1) is 0 Å². The summed E-state index contributed by atoms with van der Waals surface area (Å²) in [7, 11) is -1.13. The molecule has 0 fully saturated rings. The quantitative estimate of drug-likeness (QED) is 0.512. The summed E-state index contributed by atoms with van der Waals surface area (Å²) < 4.78 is 10.8. The van der Waals surface area contributed by atoms with Crippen LogP contribution in [0.25, 0.3) is 0 Å². The molecule has 120 valence electrons. The van der Waals surface area contributed by atoms with Crippen molar-refractivity contribution in [1.29, 1.82) is 0 Å². The third kappa shape index (κ3) is 6.88. The maximum atomic E-state index is 11.2. The largest absolute Gasteiger partial charge is 0.476 e. The highest BCUT2D eigenvalue weighted by Crippen LogP contribution is 2.12. The average molecular weight is 314 g/mol. The predicted octanol–water partition coefficient (Wildman–Crippen LogP) is 2.54. The fourth-order valence-corrected chi connectivity index (χ4v) is 2.49. The lowest BCUT2D eigenvalue weighted by molar-refractivity contribution is 0.0682. The van der Waals surface area contributed by atoms with Gasteiger partial charge in [0, 0.05) is 27.7 Å². The number of hydrogen-bond donors (Lipinski definition) is 2. The molecule has 0 aliphatic carbocycles. The molecule has 0 saturated carbocycles. The second-order valence-electron chi connectivity index (χ2n) is 6.13. The summed E-state index contributed by atoms with van der Waals surface area (Å²) in [6.07, 6.45) is 0.572. The lowest BCUT2D eigenvalue weighted by Gasteiger charge is -2.15. The smallest absolute Gasteiger partial charge is 0.356 e. The van der Waals surface area contributed by atoms with Crippen molar-refractivity contribution in [2.75, 3.05) is 19.8 Å². The number of rotatable bonds is 10. The molecule has 0 amide bonds. The van der Waals surface area contributed by atoms with E-state index in [-0.39, 0.29) is 12.3 Å². The minimum absolute atomic E-state index is 0.0505. The molecule has 21 heavy (non-hydrogen) atoms. The van der Waals surface area contributed by atoms with Gasteiger partial charge in [-0.2, -0.15) is 0 Å². The molecule has 7 heteroatoms. The SMILES string of the molecule is CCOCCc1nc(C(=O)O)c(COCC[Si](C)(C)C)[nH]1. The van der Waals surface area contributed by atoms with Crippen LogP contribution in [-0.2, 0) is 22.5 Å². The maximum absolute atomic E-state index is 11.2. The zero-order chi connectivity index (χ0) is 15.9. The van der Waals surface area contributed by atoms with Gasteiger partial charge in [-0.15, -0.1) is 0 Å². The third-order valence-electron chi connectivity index (χ3n) is 2.96. The summed E-state index contributed by atoms with van der Waals surface area (Å²) in [6, 6.07) is 1.06. The summed E-state index contributed by atoms with van der Waals surface area (Å²) in [4.78, 5) is 18.3. The molecule has 0 aliphatic heterocycles. The molecule has 0 aromatic carbocycles. The van der Waals surface area contributed by atoms with E-state index in [0.29, 0.717) is 37.8 Å². The first-order valence-electron chi connectivity index (χ1n) is 7.30. The molecule has 1 rings (SSSR count). The Morgan fingerprint density at radius 3 is 2.57 bits per heavy atom. The summed E-state index contributed by atoms with van der Waals surface area (Å²) in [5, 5.41) is 9.17. The number of carboxylic acid groups (broad SMARTS) is 1. The van der Waals surface area contributed by atoms with Crippen LogP contribution in [0.3, 0.4) is 0 Å². The first-order valence-corrected chi connectivity index (χ1v) is 11.0. The molecule has 0 bridgehead atoms. The van der Waals surface area contributed by atoms with Gasteiger partial charge < -0.3 is 19.6 Å². The minimum atomic E-state index is -1.13. The van der Waals surface area contributed by atoms with Crippen molar-refractivity contribution in [1.82, 2.24) is 9.97 Å². The van der Waals surface area contributed by atoms with Crippen LogP contribution in [0.5, 0.6) is 0 Å². The van der Waals surface area contributed by atoms with Crippen molar-refractivity contribution in [2.45, 2.75) is 45.6 Å². The molecule has 0 unspecified atom stereocenters. The number of ether oxygens (including phenoxy) is 2. The molecule has 0 radical (unpaired) electrons. The monoisotopic (exact) mass is 314 g/mol. The van der Waals surface area contributed by atoms with Gasteiger partial charge in [0.05, 0.1) is 18.9 Å². The second-order valence-corrected chi connectivity index (χ2v) is 11.7. The first kappa shape index (κ1) is 17.9. The van der Waals surface area contributed by atoms with Crippen molar-refractivity contribution in [3.63, 3.8) is 0 Å². The Morgan fingerprint density at radius 1 is 1.29 bits per heavy atom. The normalized spacial score (nSPS) is 11.8. The molecule has 2 N–H and O–H groups in total. The lowest BCUT2D eigenvalue weighted by Crippen LogP contribution is -2.21. The molecular weight excluding hydrogens is 288 g/mol. The van der Waals surface area contributed by atoms with Crippen LogP contribution < -0.4 is 0 Å². The van der Waals surface area contributed by atoms with E-state index in [4.69, 9.17) is 9.47 Å². The third-order valence-corrected chi connectivity index (χ3v) is 4.66. The summed E-state index contributed by atoms with van der Waals surface area (Å²) in [5.41, 5.74) is 0.582. The van der Waals surface area contributed by atoms with E-state index in [9.17, 15) is 9.90 Å². The van der Waals surface area contributed by atoms with E-state index in [2.05, 4.69) is 29.6 Å². The number of H-pyrrole nitrogens is 1. The van der Waals surface area contributed by atoms with Crippen molar-refractivity contribution in [3.8, 4) is 0 Å². The van der Waals surface area contributed by atoms with Gasteiger partial charge >= 0.3 is 5.97 Å². The number of carbonyl (C=O) groups is 1. The van der Waals surface area contributed by atoms with E-state index in [0.717, 1.165) is 6.04 Å². The molecule has 1 aromatic rings. The zero-order valence-electron chi connectivity index (χ0n) is 13.4. The number of aromatic amines is 1. The number of carboxylic acids is 1. The maximum Gasteiger partial charge on any atom is 0.356 e. The number of nitrogens with one attached hydrogen (secondary N) is 1. The Balaban J connectivity index is 2.56. The van der Waals surface area contributed by atoms with Gasteiger partial charge in [0.15, 0.2) is 5.69 Å². The number of nitrogens with zero attached hydrogens (tertiary/aromatic N) is 1. The van der Waals surface area contributed by atoms with Crippen LogP contribution >= 0.6 is 0 Å². The highest BCUT2D eigenvalue weighted by molar-refractivity contribution is 6.76. The van der Waals surface area contributed by atoms with Gasteiger partial charge in [0.1, 0.15) is 5.82 Å². The van der Waals surface area contributed by atoms with Gasteiger partial charge in [-0.1, -0.05) is 19.6 Å². The standard InChI is InChI=1S/C14H26N2O4Si/c1-5-19-7-6-12-15-11(13(16-12)14(17)18)10-20-8-9-21(2,3)4/h5-10H2,1-4H3,(H,15,16)(H,17,18). The molecule has 0 saturated heterocycles. The van der Waals surface area contributed by atoms with Gasteiger partial charge in [-0.05, 0) is 13.0 Å². The van der Waals surface area contributed by atoms with Crippen molar-refractivity contribution < 1.29 is 19.4 Å². The fraction of sp³-hybridized carbons (Fsp3) is 0.714. The Bertz CT molecular complexity index is 454. The summed E-state index contributed by atoms with van der Waals surface area (Å²) >= 11 is 0. The second kappa shape index (κ2) is 8.31. The molecular formula is C14H26N2O4Si. The van der Waals surface area contributed by atoms with Gasteiger partial charge in [0.2, 0.25) is 0 Å². The molecule has 1 heterocycles. The van der Waals surface area contributed by atoms with E-state index >= 15 is 0 Å². The molecule has 0 aliphatic rings.